The van der Waals surface area contributed by atoms with E-state index in [0.717, 1.165) is 16.3 Å². The number of nitrogens with zero attached hydrogens (tertiary/aromatic N) is 1. The Labute approximate surface area is 149 Å². The van der Waals surface area contributed by atoms with Crippen LogP contribution in [0.5, 0.6) is 0 Å². The molecule has 1 N–H and O–H groups in total. The largest absolute Gasteiger partial charge is 0.465 e. The Bertz CT molecular complexity index is 939. The molecule has 0 saturated heterocycles. The molecule has 0 atom stereocenters. The van der Waals surface area contributed by atoms with Crippen LogP contribution < -0.4 is 5.32 Å². The van der Waals surface area contributed by atoms with Crippen molar-refractivity contribution in [1.29, 1.82) is 0 Å². The van der Waals surface area contributed by atoms with Gasteiger partial charge in [-0.2, -0.15) is 0 Å². The van der Waals surface area contributed by atoms with E-state index in [1.165, 1.54) is 7.11 Å². The Morgan fingerprint density at radius 2 is 1.84 bits per heavy atom. The first-order chi connectivity index (χ1) is 12.1. The number of nitrogens with one attached hydrogen (secondary N) is 1. The number of halogens is 1. The fourth-order valence-electron chi connectivity index (χ4n) is 2.51. The van der Waals surface area contributed by atoms with Gasteiger partial charge in [-0.3, -0.25) is 4.79 Å². The molecule has 0 aliphatic rings. The number of hydrogen-bond acceptors (Lipinski definition) is 4. The normalized spacial score (nSPS) is 10.5. The third-order valence-electron chi connectivity index (χ3n) is 3.72. The summed E-state index contributed by atoms with van der Waals surface area (Å²) >= 11 is 5.74. The summed E-state index contributed by atoms with van der Waals surface area (Å²) in [5, 5.41) is 4.95. The second-order valence-corrected chi connectivity index (χ2v) is 5.84. The Morgan fingerprint density at radius 1 is 1.12 bits per heavy atom. The minimum Gasteiger partial charge on any atom is -0.465 e. The van der Waals surface area contributed by atoms with Crippen molar-refractivity contribution in [3.63, 3.8) is 0 Å². The average Bonchev–Trinajstić information content (AvgIpc) is 2.62. The van der Waals surface area contributed by atoms with E-state index >= 15 is 0 Å². The van der Waals surface area contributed by atoms with E-state index in [2.05, 4.69) is 10.3 Å². The second-order valence-electron chi connectivity index (χ2n) is 5.45. The lowest BCUT2D eigenvalue weighted by Gasteiger charge is -2.12. The number of methoxy groups -OCH3 is 1. The summed E-state index contributed by atoms with van der Waals surface area (Å²) in [6.45, 7) is 0. The van der Waals surface area contributed by atoms with Crippen molar-refractivity contribution >= 4 is 39.9 Å². The van der Waals surface area contributed by atoms with Crippen LogP contribution in [-0.2, 0) is 16.0 Å². The molecular weight excluding hydrogens is 340 g/mol. The van der Waals surface area contributed by atoms with Crippen LogP contribution in [0, 0.1) is 0 Å². The molecule has 5 nitrogen and oxygen atoms in total. The van der Waals surface area contributed by atoms with Crippen molar-refractivity contribution in [1.82, 2.24) is 4.98 Å². The molecule has 25 heavy (non-hydrogen) atoms. The van der Waals surface area contributed by atoms with Crippen molar-refractivity contribution in [2.75, 3.05) is 12.4 Å². The van der Waals surface area contributed by atoms with Gasteiger partial charge < -0.3 is 10.1 Å². The molecule has 0 aliphatic heterocycles. The molecule has 0 unspecified atom stereocenters. The zero-order valence-corrected chi connectivity index (χ0v) is 14.2. The van der Waals surface area contributed by atoms with Crippen LogP contribution in [-0.4, -0.2) is 24.0 Å². The number of esters is 1. The van der Waals surface area contributed by atoms with Crippen LogP contribution in [0.25, 0.3) is 10.8 Å². The molecular formula is C19H15ClN2O3. The molecule has 126 valence electrons. The Morgan fingerprint density at radius 3 is 2.48 bits per heavy atom. The Hall–Kier alpha value is -2.92. The molecule has 0 radical (unpaired) electrons. The Balaban J connectivity index is 1.89. The number of amides is 1. The molecule has 0 saturated carbocycles. The first-order valence-corrected chi connectivity index (χ1v) is 7.96. The molecule has 3 rings (SSSR count). The maximum Gasteiger partial charge on any atom is 0.339 e. The highest BCUT2D eigenvalue weighted by molar-refractivity contribution is 6.29. The van der Waals surface area contributed by atoms with Gasteiger partial charge in [-0.25, -0.2) is 9.78 Å². The minimum absolute atomic E-state index is 0.123. The summed E-state index contributed by atoms with van der Waals surface area (Å²) in [7, 11) is 1.31. The molecule has 1 amide bonds. The van der Waals surface area contributed by atoms with Crippen LogP contribution >= 0.6 is 11.6 Å². The number of pyridine rings is 1. The maximum absolute atomic E-state index is 12.3. The van der Waals surface area contributed by atoms with Gasteiger partial charge in [0.2, 0.25) is 5.91 Å². The maximum atomic E-state index is 12.3. The third kappa shape index (κ3) is 3.95. The highest BCUT2D eigenvalue weighted by atomic mass is 35.5. The van der Waals surface area contributed by atoms with Gasteiger partial charge in [-0.1, -0.05) is 41.9 Å². The van der Waals surface area contributed by atoms with E-state index in [-0.39, 0.29) is 12.3 Å². The number of carbonyl (C=O) groups excluding carboxylic acids is 2. The molecule has 0 bridgehead atoms. The van der Waals surface area contributed by atoms with E-state index in [1.54, 1.807) is 30.5 Å². The molecule has 2 aromatic carbocycles. The topological polar surface area (TPSA) is 68.3 Å². The van der Waals surface area contributed by atoms with Crippen LogP contribution in [0.15, 0.2) is 54.7 Å². The number of rotatable bonds is 4. The molecule has 6 heteroatoms. The van der Waals surface area contributed by atoms with Gasteiger partial charge in [0, 0.05) is 6.20 Å². The van der Waals surface area contributed by atoms with E-state index in [1.807, 2.05) is 24.3 Å². The quantitative estimate of drug-likeness (QED) is 0.570. The van der Waals surface area contributed by atoms with Crippen molar-refractivity contribution in [2.24, 2.45) is 0 Å². The van der Waals surface area contributed by atoms with E-state index < -0.39 is 5.97 Å². The van der Waals surface area contributed by atoms with Crippen molar-refractivity contribution < 1.29 is 14.3 Å². The predicted octanol–water partition coefficient (Wildman–Crippen LogP) is 3.86. The van der Waals surface area contributed by atoms with Crippen molar-refractivity contribution in [2.45, 2.75) is 6.42 Å². The summed E-state index contributed by atoms with van der Waals surface area (Å²) in [6, 6.07) is 14.4. The summed E-state index contributed by atoms with van der Waals surface area (Å²) < 4.78 is 4.82. The Kier molecular flexibility index (Phi) is 4.95. The molecule has 3 aromatic rings. The summed E-state index contributed by atoms with van der Waals surface area (Å²) in [6.07, 6.45) is 1.67. The summed E-state index contributed by atoms with van der Waals surface area (Å²) in [5.41, 5.74) is 1.45. The lowest BCUT2D eigenvalue weighted by Crippen LogP contribution is -2.17. The first-order valence-electron chi connectivity index (χ1n) is 7.58. The van der Waals surface area contributed by atoms with Gasteiger partial charge in [-0.05, 0) is 34.5 Å². The monoisotopic (exact) mass is 354 g/mol. The molecule has 1 heterocycles. The van der Waals surface area contributed by atoms with Crippen LogP contribution in [0.2, 0.25) is 5.15 Å². The number of carbonyl (C=O) groups is 2. The van der Waals surface area contributed by atoms with Gasteiger partial charge >= 0.3 is 5.97 Å². The molecule has 0 spiro atoms. The number of aromatic nitrogens is 1. The van der Waals surface area contributed by atoms with Crippen LogP contribution in [0.3, 0.4) is 0 Å². The van der Waals surface area contributed by atoms with Crippen molar-refractivity contribution in [3.8, 4) is 0 Å². The van der Waals surface area contributed by atoms with Gasteiger partial charge in [0.25, 0.3) is 0 Å². The zero-order chi connectivity index (χ0) is 17.8. The highest BCUT2D eigenvalue weighted by Gasteiger charge is 2.15. The number of benzene rings is 2. The fourth-order valence-corrected chi connectivity index (χ4v) is 2.63. The number of hydrogen-bond donors (Lipinski definition) is 1. The second kappa shape index (κ2) is 7.32. The first kappa shape index (κ1) is 16.9. The summed E-state index contributed by atoms with van der Waals surface area (Å²) in [4.78, 5) is 28.3. The molecule has 0 fully saturated rings. The molecule has 0 aliphatic carbocycles. The summed E-state index contributed by atoms with van der Waals surface area (Å²) in [5.74, 6) is -0.765. The third-order valence-corrected chi connectivity index (χ3v) is 3.94. The SMILES string of the molecule is COC(=O)c1cc2ccccc2cc1NC(=O)Cc1ccc(Cl)nc1. The predicted molar refractivity (Wildman–Crippen MR) is 96.9 cm³/mol. The zero-order valence-electron chi connectivity index (χ0n) is 13.5. The van der Waals surface area contributed by atoms with Gasteiger partial charge in [0.1, 0.15) is 5.15 Å². The van der Waals surface area contributed by atoms with Gasteiger partial charge in [-0.15, -0.1) is 0 Å². The standard InChI is InChI=1S/C19H15ClN2O3/c1-25-19(24)15-9-13-4-2-3-5-14(13)10-16(15)22-18(23)8-12-6-7-17(20)21-11-12/h2-7,9-11H,8H2,1H3,(H,22,23). The smallest absolute Gasteiger partial charge is 0.339 e. The van der Waals surface area contributed by atoms with E-state index in [4.69, 9.17) is 16.3 Å². The molecule has 1 aromatic heterocycles. The van der Waals surface area contributed by atoms with Gasteiger partial charge in [0.15, 0.2) is 0 Å². The average molecular weight is 355 g/mol. The van der Waals surface area contributed by atoms with Crippen LogP contribution in [0.1, 0.15) is 15.9 Å². The lowest BCUT2D eigenvalue weighted by atomic mass is 10.0. The van der Waals surface area contributed by atoms with Crippen LogP contribution in [0.4, 0.5) is 5.69 Å². The lowest BCUT2D eigenvalue weighted by molar-refractivity contribution is -0.115. The number of anilines is 1. The highest BCUT2D eigenvalue weighted by Crippen LogP contribution is 2.25. The van der Waals surface area contributed by atoms with Gasteiger partial charge in [0.05, 0.1) is 24.8 Å². The fraction of sp³-hybridized carbons (Fsp3) is 0.105. The van der Waals surface area contributed by atoms with Crippen molar-refractivity contribution in [3.05, 3.63) is 71.0 Å². The van der Waals surface area contributed by atoms with E-state index in [0.29, 0.717) is 16.4 Å². The number of fused-ring (bicyclic) bond motifs is 1. The van der Waals surface area contributed by atoms with E-state index in [9.17, 15) is 9.59 Å². The number of ether oxygens (including phenoxy) is 1. The minimum atomic E-state index is -0.505.